The Bertz CT molecular complexity index is 191. The van der Waals surface area contributed by atoms with Crippen molar-refractivity contribution in [1.82, 2.24) is 0 Å². The lowest BCUT2D eigenvalue weighted by atomic mass is 9.98. The van der Waals surface area contributed by atoms with E-state index in [4.69, 9.17) is 5.73 Å². The zero-order chi connectivity index (χ0) is 10.4. The van der Waals surface area contributed by atoms with Crippen LogP contribution in [0, 0.1) is 5.92 Å². The Labute approximate surface area is 77.2 Å². The summed E-state index contributed by atoms with van der Waals surface area (Å²) in [4.78, 5) is 22.0. The molecular weight excluding hydrogens is 174 g/mol. The first-order chi connectivity index (χ1) is 6.02. The van der Waals surface area contributed by atoms with E-state index >= 15 is 0 Å². The van der Waals surface area contributed by atoms with Crippen LogP contribution in [0.3, 0.4) is 0 Å². The molecule has 0 saturated heterocycles. The molecule has 0 spiro atoms. The van der Waals surface area contributed by atoms with Gasteiger partial charge in [-0.15, -0.1) is 0 Å². The molecule has 0 aromatic heterocycles. The minimum absolute atomic E-state index is 0.0408. The molecule has 0 fully saturated rings. The average molecular weight is 189 g/mol. The summed E-state index contributed by atoms with van der Waals surface area (Å²) in [5.74, 6) is -1.58. The molecule has 5 nitrogen and oxygen atoms in total. The van der Waals surface area contributed by atoms with Gasteiger partial charge in [0.2, 0.25) is 0 Å². The molecular formula is C8H15NO4. The zero-order valence-corrected chi connectivity index (χ0v) is 8.07. The van der Waals surface area contributed by atoms with Crippen LogP contribution < -0.4 is 5.73 Å². The number of hydrogen-bond donors (Lipinski definition) is 1. The molecule has 2 unspecified atom stereocenters. The van der Waals surface area contributed by atoms with Crippen molar-refractivity contribution in [2.24, 2.45) is 11.7 Å². The van der Waals surface area contributed by atoms with Crippen LogP contribution in [-0.2, 0) is 19.1 Å². The van der Waals surface area contributed by atoms with Gasteiger partial charge < -0.3 is 15.2 Å². The molecule has 2 N–H and O–H groups in total. The van der Waals surface area contributed by atoms with Crippen LogP contribution >= 0.6 is 0 Å². The smallest absolute Gasteiger partial charge is 0.310 e. The second kappa shape index (κ2) is 5.53. The SMILES string of the molecule is COC(=O)CC(C(=O)OC)C(C)N. The highest BCUT2D eigenvalue weighted by Crippen LogP contribution is 2.10. The number of ether oxygens (including phenoxy) is 2. The van der Waals surface area contributed by atoms with Crippen LogP contribution in [0.1, 0.15) is 13.3 Å². The number of esters is 2. The fraction of sp³-hybridized carbons (Fsp3) is 0.750. The Kier molecular flexibility index (Phi) is 5.06. The van der Waals surface area contributed by atoms with Crippen LogP contribution in [0.15, 0.2) is 0 Å². The molecule has 0 bridgehead atoms. The molecule has 0 saturated carbocycles. The first-order valence-electron chi connectivity index (χ1n) is 3.93. The van der Waals surface area contributed by atoms with Gasteiger partial charge in [0.15, 0.2) is 0 Å². The van der Waals surface area contributed by atoms with E-state index in [0.29, 0.717) is 0 Å². The maximum absolute atomic E-state index is 11.1. The fourth-order valence-corrected chi connectivity index (χ4v) is 0.898. The third-order valence-electron chi connectivity index (χ3n) is 1.75. The first kappa shape index (κ1) is 11.9. The maximum Gasteiger partial charge on any atom is 0.310 e. The summed E-state index contributed by atoms with van der Waals surface area (Å²) in [5.41, 5.74) is 5.51. The van der Waals surface area contributed by atoms with Crippen molar-refractivity contribution in [3.05, 3.63) is 0 Å². The quantitative estimate of drug-likeness (QED) is 0.613. The molecule has 0 aromatic carbocycles. The van der Waals surface area contributed by atoms with E-state index in [2.05, 4.69) is 9.47 Å². The highest BCUT2D eigenvalue weighted by atomic mass is 16.5. The molecule has 0 aliphatic carbocycles. The van der Waals surface area contributed by atoms with Crippen LogP contribution in [0.25, 0.3) is 0 Å². The van der Waals surface area contributed by atoms with Crippen molar-refractivity contribution in [2.45, 2.75) is 19.4 Å². The van der Waals surface area contributed by atoms with E-state index in [-0.39, 0.29) is 6.42 Å². The standard InChI is InChI=1S/C8H15NO4/c1-5(9)6(8(11)13-3)4-7(10)12-2/h5-6H,4,9H2,1-3H3. The van der Waals surface area contributed by atoms with E-state index in [9.17, 15) is 9.59 Å². The summed E-state index contributed by atoms with van der Waals surface area (Å²) >= 11 is 0. The highest BCUT2D eigenvalue weighted by molar-refractivity contribution is 5.80. The molecule has 0 radical (unpaired) electrons. The van der Waals surface area contributed by atoms with Crippen molar-refractivity contribution >= 4 is 11.9 Å². The van der Waals surface area contributed by atoms with Crippen molar-refractivity contribution < 1.29 is 19.1 Å². The number of rotatable bonds is 4. The summed E-state index contributed by atoms with van der Waals surface area (Å²) in [7, 11) is 2.52. The summed E-state index contributed by atoms with van der Waals surface area (Å²) in [6, 6.07) is -0.424. The highest BCUT2D eigenvalue weighted by Gasteiger charge is 2.26. The lowest BCUT2D eigenvalue weighted by Crippen LogP contribution is -2.35. The Morgan fingerprint density at radius 2 is 1.85 bits per heavy atom. The molecule has 0 aliphatic rings. The maximum atomic E-state index is 11.1. The lowest BCUT2D eigenvalue weighted by Gasteiger charge is -2.16. The Morgan fingerprint density at radius 3 is 2.15 bits per heavy atom. The number of nitrogens with two attached hydrogens (primary N) is 1. The Balaban J connectivity index is 4.26. The number of carbonyl (C=O) groups excluding carboxylic acids is 2. The lowest BCUT2D eigenvalue weighted by molar-refractivity contribution is -0.152. The average Bonchev–Trinajstić information content (AvgIpc) is 2.11. The van der Waals surface area contributed by atoms with Gasteiger partial charge in [-0.05, 0) is 6.92 Å². The second-order valence-corrected chi connectivity index (χ2v) is 2.77. The molecule has 0 aliphatic heterocycles. The molecule has 0 heterocycles. The van der Waals surface area contributed by atoms with Gasteiger partial charge in [0.05, 0.1) is 26.6 Å². The van der Waals surface area contributed by atoms with Crippen molar-refractivity contribution in [1.29, 1.82) is 0 Å². The van der Waals surface area contributed by atoms with Gasteiger partial charge in [0.25, 0.3) is 0 Å². The molecule has 5 heteroatoms. The third kappa shape index (κ3) is 3.89. The summed E-state index contributed by atoms with van der Waals surface area (Å²) in [6.45, 7) is 1.64. The molecule has 0 aromatic rings. The van der Waals surface area contributed by atoms with Crippen LogP contribution in [-0.4, -0.2) is 32.2 Å². The predicted molar refractivity (Wildman–Crippen MR) is 45.8 cm³/mol. The fourth-order valence-electron chi connectivity index (χ4n) is 0.898. The largest absolute Gasteiger partial charge is 0.469 e. The van der Waals surface area contributed by atoms with Gasteiger partial charge in [-0.25, -0.2) is 0 Å². The number of methoxy groups -OCH3 is 2. The zero-order valence-electron chi connectivity index (χ0n) is 8.07. The van der Waals surface area contributed by atoms with E-state index in [0.717, 1.165) is 0 Å². The van der Waals surface area contributed by atoms with Gasteiger partial charge in [-0.1, -0.05) is 0 Å². The second-order valence-electron chi connectivity index (χ2n) is 2.77. The first-order valence-corrected chi connectivity index (χ1v) is 3.93. The number of hydrogen-bond acceptors (Lipinski definition) is 5. The van der Waals surface area contributed by atoms with Crippen LogP contribution in [0.4, 0.5) is 0 Å². The minimum atomic E-state index is -0.627. The summed E-state index contributed by atoms with van der Waals surface area (Å²) < 4.78 is 8.92. The molecule has 2 atom stereocenters. The van der Waals surface area contributed by atoms with Crippen molar-refractivity contribution in [2.75, 3.05) is 14.2 Å². The summed E-state index contributed by atoms with van der Waals surface area (Å²) in [5, 5.41) is 0. The normalized spacial score (nSPS) is 14.5. The van der Waals surface area contributed by atoms with Crippen molar-refractivity contribution in [3.8, 4) is 0 Å². The van der Waals surface area contributed by atoms with E-state index in [1.807, 2.05) is 0 Å². The van der Waals surface area contributed by atoms with Gasteiger partial charge in [-0.2, -0.15) is 0 Å². The Hall–Kier alpha value is -1.10. The number of carbonyl (C=O) groups is 2. The van der Waals surface area contributed by atoms with E-state index < -0.39 is 23.9 Å². The molecule has 76 valence electrons. The molecule has 0 amide bonds. The van der Waals surface area contributed by atoms with Crippen LogP contribution in [0.5, 0.6) is 0 Å². The summed E-state index contributed by atoms with van der Waals surface area (Å²) in [6.07, 6.45) is -0.0408. The van der Waals surface area contributed by atoms with Crippen molar-refractivity contribution in [3.63, 3.8) is 0 Å². The minimum Gasteiger partial charge on any atom is -0.469 e. The van der Waals surface area contributed by atoms with E-state index in [1.54, 1.807) is 6.92 Å². The molecule has 0 rings (SSSR count). The van der Waals surface area contributed by atoms with Gasteiger partial charge >= 0.3 is 11.9 Å². The van der Waals surface area contributed by atoms with Crippen LogP contribution in [0.2, 0.25) is 0 Å². The predicted octanol–water partition coefficient (Wildman–Crippen LogP) is -0.314. The van der Waals surface area contributed by atoms with Gasteiger partial charge in [-0.3, -0.25) is 9.59 Å². The van der Waals surface area contributed by atoms with Gasteiger partial charge in [0, 0.05) is 6.04 Å². The monoisotopic (exact) mass is 189 g/mol. The van der Waals surface area contributed by atoms with E-state index in [1.165, 1.54) is 14.2 Å². The Morgan fingerprint density at radius 1 is 1.31 bits per heavy atom. The molecule has 13 heavy (non-hydrogen) atoms. The van der Waals surface area contributed by atoms with Gasteiger partial charge in [0.1, 0.15) is 0 Å². The third-order valence-corrected chi connectivity index (χ3v) is 1.75. The topological polar surface area (TPSA) is 78.6 Å².